The third-order valence-electron chi connectivity index (χ3n) is 2.96. The van der Waals surface area contributed by atoms with Crippen LogP contribution >= 0.6 is 0 Å². The maximum absolute atomic E-state index is 5.23. The van der Waals surface area contributed by atoms with Crippen molar-refractivity contribution in [2.24, 2.45) is 0 Å². The van der Waals surface area contributed by atoms with Gasteiger partial charge in [0.25, 0.3) is 0 Å². The van der Waals surface area contributed by atoms with Crippen molar-refractivity contribution in [2.75, 3.05) is 27.2 Å². The molecule has 1 atom stereocenters. The van der Waals surface area contributed by atoms with Crippen molar-refractivity contribution in [1.82, 2.24) is 4.90 Å². The van der Waals surface area contributed by atoms with Crippen molar-refractivity contribution >= 4 is 0 Å². The molecule has 2 nitrogen and oxygen atoms in total. The highest BCUT2D eigenvalue weighted by Gasteiger charge is 2.20. The molecule has 0 bridgehead atoms. The fourth-order valence-corrected chi connectivity index (χ4v) is 2.10. The second kappa shape index (κ2) is 4.01. The number of rotatable bonds is 2. The summed E-state index contributed by atoms with van der Waals surface area (Å²) in [6.07, 6.45) is 1.27. The molecule has 1 saturated heterocycles. The molecule has 14 heavy (non-hydrogen) atoms. The van der Waals surface area contributed by atoms with Crippen molar-refractivity contribution in [2.45, 2.75) is 12.3 Å². The Morgan fingerprint density at radius 3 is 2.93 bits per heavy atom. The highest BCUT2D eigenvalue weighted by Crippen LogP contribution is 2.28. The Morgan fingerprint density at radius 1 is 1.43 bits per heavy atom. The molecule has 0 saturated carbocycles. The molecule has 1 fully saturated rings. The van der Waals surface area contributed by atoms with E-state index in [2.05, 4.69) is 30.1 Å². The quantitative estimate of drug-likeness (QED) is 0.710. The molecule has 1 aromatic rings. The fourth-order valence-electron chi connectivity index (χ4n) is 2.10. The van der Waals surface area contributed by atoms with Gasteiger partial charge in [-0.1, -0.05) is 12.1 Å². The maximum atomic E-state index is 5.23. The second-order valence-corrected chi connectivity index (χ2v) is 4.02. The highest BCUT2D eigenvalue weighted by molar-refractivity contribution is 5.31. The van der Waals surface area contributed by atoms with Crippen LogP contribution in [0.15, 0.2) is 24.3 Å². The van der Waals surface area contributed by atoms with Crippen LogP contribution in [0.2, 0.25) is 0 Å². The molecule has 0 unspecified atom stereocenters. The Balaban J connectivity index is 2.15. The van der Waals surface area contributed by atoms with Crippen LogP contribution in [-0.2, 0) is 0 Å². The molecule has 2 heteroatoms. The minimum absolute atomic E-state index is 0.690. The van der Waals surface area contributed by atoms with Crippen LogP contribution in [0.25, 0.3) is 0 Å². The summed E-state index contributed by atoms with van der Waals surface area (Å²) < 4.78 is 5.23. The van der Waals surface area contributed by atoms with Crippen molar-refractivity contribution in [1.29, 1.82) is 0 Å². The minimum atomic E-state index is 0.690. The first-order valence-electron chi connectivity index (χ1n) is 5.12. The molecule has 0 aliphatic carbocycles. The molecule has 1 aromatic carbocycles. The topological polar surface area (TPSA) is 12.5 Å². The van der Waals surface area contributed by atoms with Crippen LogP contribution in [0.5, 0.6) is 5.75 Å². The van der Waals surface area contributed by atoms with Crippen LogP contribution in [0, 0.1) is 0 Å². The van der Waals surface area contributed by atoms with Crippen LogP contribution in [0.1, 0.15) is 17.9 Å². The predicted octanol–water partition coefficient (Wildman–Crippen LogP) is 2.11. The third kappa shape index (κ3) is 1.90. The first kappa shape index (κ1) is 9.53. The van der Waals surface area contributed by atoms with Gasteiger partial charge in [0.05, 0.1) is 7.11 Å². The van der Waals surface area contributed by atoms with Crippen molar-refractivity contribution in [3.8, 4) is 5.75 Å². The normalized spacial score (nSPS) is 22.6. The molecular formula is C12H17NO. The van der Waals surface area contributed by atoms with Crippen molar-refractivity contribution in [3.63, 3.8) is 0 Å². The molecule has 2 rings (SSSR count). The summed E-state index contributed by atoms with van der Waals surface area (Å²) in [4.78, 5) is 2.38. The van der Waals surface area contributed by atoms with E-state index < -0.39 is 0 Å². The number of likely N-dealkylation sites (tertiary alicyclic amines) is 1. The van der Waals surface area contributed by atoms with E-state index in [1.54, 1.807) is 7.11 Å². The lowest BCUT2D eigenvalue weighted by Crippen LogP contribution is -2.13. The standard InChI is InChI=1S/C12H17NO/c1-13-7-6-11(9-13)10-4-3-5-12(8-10)14-2/h3-5,8,11H,6-7,9H2,1-2H3/t11-/m1/s1. The molecule has 1 heterocycles. The van der Waals surface area contributed by atoms with Gasteiger partial charge in [0.2, 0.25) is 0 Å². The van der Waals surface area contributed by atoms with Crippen LogP contribution < -0.4 is 4.74 Å². The van der Waals surface area contributed by atoms with E-state index in [4.69, 9.17) is 4.74 Å². The van der Waals surface area contributed by atoms with E-state index in [1.165, 1.54) is 25.1 Å². The van der Waals surface area contributed by atoms with Crippen LogP contribution in [0.4, 0.5) is 0 Å². The maximum Gasteiger partial charge on any atom is 0.119 e. The van der Waals surface area contributed by atoms with E-state index >= 15 is 0 Å². The second-order valence-electron chi connectivity index (χ2n) is 4.02. The van der Waals surface area contributed by atoms with E-state index in [-0.39, 0.29) is 0 Å². The number of nitrogens with zero attached hydrogens (tertiary/aromatic N) is 1. The van der Waals surface area contributed by atoms with Crippen molar-refractivity contribution in [3.05, 3.63) is 29.8 Å². The summed E-state index contributed by atoms with van der Waals surface area (Å²) in [5.74, 6) is 1.66. The largest absolute Gasteiger partial charge is 0.497 e. The Labute approximate surface area is 85.5 Å². The number of hydrogen-bond acceptors (Lipinski definition) is 2. The van der Waals surface area contributed by atoms with Gasteiger partial charge in [0.1, 0.15) is 5.75 Å². The van der Waals surface area contributed by atoms with Gasteiger partial charge in [-0.25, -0.2) is 0 Å². The first-order valence-corrected chi connectivity index (χ1v) is 5.12. The Hall–Kier alpha value is -1.02. The first-order chi connectivity index (χ1) is 6.79. The molecule has 0 aromatic heterocycles. The summed E-state index contributed by atoms with van der Waals surface area (Å²) in [5, 5.41) is 0. The Morgan fingerprint density at radius 2 is 2.29 bits per heavy atom. The van der Waals surface area contributed by atoms with Gasteiger partial charge in [-0.3, -0.25) is 0 Å². The zero-order valence-electron chi connectivity index (χ0n) is 8.86. The number of ether oxygens (including phenoxy) is 1. The van der Waals surface area contributed by atoms with Gasteiger partial charge in [0.15, 0.2) is 0 Å². The predicted molar refractivity (Wildman–Crippen MR) is 57.8 cm³/mol. The lowest BCUT2D eigenvalue weighted by atomic mass is 9.98. The van der Waals surface area contributed by atoms with Gasteiger partial charge in [-0.2, -0.15) is 0 Å². The smallest absolute Gasteiger partial charge is 0.119 e. The highest BCUT2D eigenvalue weighted by atomic mass is 16.5. The van der Waals surface area contributed by atoms with Gasteiger partial charge in [-0.15, -0.1) is 0 Å². The summed E-state index contributed by atoms with van der Waals surface area (Å²) >= 11 is 0. The molecule has 1 aliphatic rings. The van der Waals surface area contributed by atoms with Crippen molar-refractivity contribution < 1.29 is 4.74 Å². The number of likely N-dealkylation sites (N-methyl/N-ethyl adjacent to an activating group) is 1. The van der Waals surface area contributed by atoms with Gasteiger partial charge >= 0.3 is 0 Å². The fraction of sp³-hybridized carbons (Fsp3) is 0.500. The van der Waals surface area contributed by atoms with Crippen LogP contribution in [0.3, 0.4) is 0 Å². The molecular weight excluding hydrogens is 174 g/mol. The zero-order valence-corrected chi connectivity index (χ0v) is 8.86. The van der Waals surface area contributed by atoms with Gasteiger partial charge in [-0.05, 0) is 43.6 Å². The molecule has 0 N–H and O–H groups in total. The van der Waals surface area contributed by atoms with Crippen LogP contribution in [-0.4, -0.2) is 32.1 Å². The van der Waals surface area contributed by atoms with E-state index in [0.29, 0.717) is 5.92 Å². The van der Waals surface area contributed by atoms with E-state index in [1.807, 2.05) is 6.07 Å². The lowest BCUT2D eigenvalue weighted by Gasteiger charge is -2.11. The molecule has 0 amide bonds. The third-order valence-corrected chi connectivity index (χ3v) is 2.96. The lowest BCUT2D eigenvalue weighted by molar-refractivity contribution is 0.408. The molecule has 0 radical (unpaired) electrons. The monoisotopic (exact) mass is 191 g/mol. The average Bonchev–Trinajstić information content (AvgIpc) is 2.65. The average molecular weight is 191 g/mol. The number of hydrogen-bond donors (Lipinski definition) is 0. The summed E-state index contributed by atoms with van der Waals surface area (Å²) in [6.45, 7) is 2.38. The zero-order chi connectivity index (χ0) is 9.97. The van der Waals surface area contributed by atoms with Gasteiger partial charge < -0.3 is 9.64 Å². The molecule has 0 spiro atoms. The number of benzene rings is 1. The Bertz CT molecular complexity index is 311. The minimum Gasteiger partial charge on any atom is -0.497 e. The molecule has 76 valence electrons. The number of methoxy groups -OCH3 is 1. The van der Waals surface area contributed by atoms with E-state index in [0.717, 1.165) is 5.75 Å². The summed E-state index contributed by atoms with van der Waals surface area (Å²) in [6, 6.07) is 8.44. The Kier molecular flexibility index (Phi) is 2.73. The SMILES string of the molecule is COc1cccc([C@@H]2CCN(C)C2)c1. The summed E-state index contributed by atoms with van der Waals surface area (Å²) in [5.41, 5.74) is 1.41. The van der Waals surface area contributed by atoms with E-state index in [9.17, 15) is 0 Å². The summed E-state index contributed by atoms with van der Waals surface area (Å²) in [7, 11) is 3.90. The molecule has 1 aliphatic heterocycles. The van der Waals surface area contributed by atoms with Gasteiger partial charge in [0, 0.05) is 6.54 Å².